The maximum Gasteiger partial charge on any atom is 0.271 e. The molecule has 1 amide bonds. The molecule has 3 rings (SSSR count). The normalized spacial score (nSPS) is 11.2. The third-order valence-corrected chi connectivity index (χ3v) is 6.21. The van der Waals surface area contributed by atoms with Crippen LogP contribution in [0.15, 0.2) is 74.6 Å². The van der Waals surface area contributed by atoms with E-state index in [1.54, 1.807) is 12.1 Å². The van der Waals surface area contributed by atoms with E-state index in [0.29, 0.717) is 5.76 Å². The van der Waals surface area contributed by atoms with Crippen molar-refractivity contribution in [1.29, 1.82) is 0 Å². The van der Waals surface area contributed by atoms with Crippen LogP contribution in [0.5, 0.6) is 0 Å². The molecule has 9 nitrogen and oxygen atoms in total. The Balaban J connectivity index is 1.81. The zero-order chi connectivity index (χ0) is 21.0. The van der Waals surface area contributed by atoms with Crippen molar-refractivity contribution in [2.24, 2.45) is 0 Å². The van der Waals surface area contributed by atoms with E-state index in [4.69, 9.17) is 4.42 Å². The summed E-state index contributed by atoms with van der Waals surface area (Å²) < 4.78 is 33.0. The average Bonchev–Trinajstić information content (AvgIpc) is 3.20. The van der Waals surface area contributed by atoms with Crippen LogP contribution in [-0.2, 0) is 16.6 Å². The highest BCUT2D eigenvalue weighted by atomic mass is 79.9. The first-order chi connectivity index (χ1) is 13.8. The number of halogens is 1. The third-order valence-electron chi connectivity index (χ3n) is 3.81. The molecule has 0 radical (unpaired) electrons. The first-order valence-corrected chi connectivity index (χ1v) is 10.4. The molecule has 3 aromatic rings. The van der Waals surface area contributed by atoms with Gasteiger partial charge in [-0.05, 0) is 52.3 Å². The summed E-state index contributed by atoms with van der Waals surface area (Å²) in [7, 11) is -3.94. The lowest BCUT2D eigenvalue weighted by Crippen LogP contribution is -2.24. The van der Waals surface area contributed by atoms with Crippen LogP contribution >= 0.6 is 15.9 Å². The second kappa shape index (κ2) is 8.55. The molecule has 150 valence electrons. The summed E-state index contributed by atoms with van der Waals surface area (Å²) in [6, 6.07) is 12.8. The fraction of sp³-hybridized carbons (Fsp3) is 0.0556. The molecule has 0 spiro atoms. The smallest absolute Gasteiger partial charge is 0.271 e. The van der Waals surface area contributed by atoms with E-state index in [0.717, 1.165) is 0 Å². The van der Waals surface area contributed by atoms with Crippen LogP contribution in [0.3, 0.4) is 0 Å². The summed E-state index contributed by atoms with van der Waals surface area (Å²) in [6.07, 6.45) is 1.43. The Hall–Kier alpha value is -3.02. The highest BCUT2D eigenvalue weighted by molar-refractivity contribution is 9.10. The summed E-state index contributed by atoms with van der Waals surface area (Å²) in [6.45, 7) is -0.0497. The number of furan rings is 1. The van der Waals surface area contributed by atoms with E-state index < -0.39 is 20.9 Å². The van der Waals surface area contributed by atoms with E-state index in [9.17, 15) is 23.3 Å². The first-order valence-electron chi connectivity index (χ1n) is 8.14. The van der Waals surface area contributed by atoms with Crippen LogP contribution in [0.2, 0.25) is 0 Å². The molecule has 0 aliphatic heterocycles. The molecular formula is C18H14BrN3O6S. The van der Waals surface area contributed by atoms with Crippen LogP contribution in [-0.4, -0.2) is 19.2 Å². The first kappa shape index (κ1) is 20.7. The maximum absolute atomic E-state index is 12.6. The highest BCUT2D eigenvalue weighted by Crippen LogP contribution is 2.24. The van der Waals surface area contributed by atoms with Crippen LogP contribution in [0.25, 0.3) is 0 Å². The minimum atomic E-state index is -3.94. The van der Waals surface area contributed by atoms with E-state index in [2.05, 4.69) is 26.0 Å². The number of benzene rings is 2. The van der Waals surface area contributed by atoms with Crippen LogP contribution in [0.4, 0.5) is 11.4 Å². The number of nitrogens with one attached hydrogen (secondary N) is 2. The van der Waals surface area contributed by atoms with Crippen molar-refractivity contribution in [2.75, 3.05) is 5.32 Å². The van der Waals surface area contributed by atoms with Crippen molar-refractivity contribution >= 4 is 43.2 Å². The van der Waals surface area contributed by atoms with Gasteiger partial charge < -0.3 is 9.73 Å². The van der Waals surface area contributed by atoms with Crippen LogP contribution in [0.1, 0.15) is 16.1 Å². The Kier molecular flexibility index (Phi) is 6.11. The molecule has 0 unspecified atom stereocenters. The number of carbonyl (C=O) groups is 1. The van der Waals surface area contributed by atoms with Gasteiger partial charge in [0.2, 0.25) is 10.0 Å². The van der Waals surface area contributed by atoms with Gasteiger partial charge in [-0.3, -0.25) is 14.9 Å². The number of anilines is 1. The van der Waals surface area contributed by atoms with E-state index >= 15 is 0 Å². The van der Waals surface area contributed by atoms with E-state index in [1.807, 2.05) is 0 Å². The summed E-state index contributed by atoms with van der Waals surface area (Å²) in [4.78, 5) is 22.7. The number of hydrogen-bond acceptors (Lipinski definition) is 6. The third kappa shape index (κ3) is 5.08. The molecule has 0 aliphatic carbocycles. The lowest BCUT2D eigenvalue weighted by atomic mass is 10.2. The van der Waals surface area contributed by atoms with Gasteiger partial charge in [0.05, 0.1) is 22.6 Å². The summed E-state index contributed by atoms with van der Waals surface area (Å²) in [5.41, 5.74) is 0.106. The number of amides is 1. The molecule has 0 aliphatic rings. The Morgan fingerprint density at radius 3 is 2.62 bits per heavy atom. The number of carbonyl (C=O) groups excluding carboxylic acids is 1. The van der Waals surface area contributed by atoms with Gasteiger partial charge >= 0.3 is 0 Å². The standard InChI is InChI=1S/C18H14BrN3O6S/c19-16-7-6-12(18(23)21-13-3-1-4-14(10-13)22(24)25)9-17(16)29(26,27)20-11-15-5-2-8-28-15/h1-10,20H,11H2,(H,21,23). The van der Waals surface area contributed by atoms with Crippen LogP contribution < -0.4 is 10.0 Å². The molecule has 0 atom stereocenters. The zero-order valence-corrected chi connectivity index (χ0v) is 17.1. The number of nitro groups is 1. The molecule has 0 saturated carbocycles. The molecular weight excluding hydrogens is 466 g/mol. The molecule has 2 N–H and O–H groups in total. The molecule has 1 aromatic heterocycles. The Morgan fingerprint density at radius 1 is 1.14 bits per heavy atom. The van der Waals surface area contributed by atoms with Crippen molar-refractivity contribution in [3.63, 3.8) is 0 Å². The minimum absolute atomic E-state index is 0.0497. The number of rotatable bonds is 7. The quantitative estimate of drug-likeness (QED) is 0.392. The molecule has 0 bridgehead atoms. The molecule has 29 heavy (non-hydrogen) atoms. The van der Waals surface area contributed by atoms with Gasteiger partial charge in [0, 0.05) is 27.9 Å². The van der Waals surface area contributed by atoms with Gasteiger partial charge in [0.15, 0.2) is 0 Å². The van der Waals surface area contributed by atoms with Crippen LogP contribution in [0, 0.1) is 10.1 Å². The maximum atomic E-state index is 12.6. The van der Waals surface area contributed by atoms with Gasteiger partial charge in [0.1, 0.15) is 5.76 Å². The Labute approximate surface area is 174 Å². The number of nitrogens with zero attached hydrogens (tertiary/aromatic N) is 1. The van der Waals surface area contributed by atoms with Gasteiger partial charge in [-0.2, -0.15) is 0 Å². The fourth-order valence-corrected chi connectivity index (χ4v) is 4.39. The number of non-ortho nitro benzene ring substituents is 1. The Bertz CT molecular complexity index is 1160. The highest BCUT2D eigenvalue weighted by Gasteiger charge is 2.20. The molecule has 2 aromatic carbocycles. The average molecular weight is 480 g/mol. The van der Waals surface area contributed by atoms with Gasteiger partial charge in [-0.1, -0.05) is 6.07 Å². The predicted octanol–water partition coefficient (Wildman–Crippen LogP) is 3.68. The fourth-order valence-electron chi connectivity index (χ4n) is 2.41. The largest absolute Gasteiger partial charge is 0.468 e. The van der Waals surface area contributed by atoms with E-state index in [1.165, 1.54) is 48.7 Å². The van der Waals surface area contributed by atoms with Crippen molar-refractivity contribution in [1.82, 2.24) is 4.72 Å². The van der Waals surface area contributed by atoms with Crippen molar-refractivity contribution in [3.05, 3.63) is 86.8 Å². The summed E-state index contributed by atoms with van der Waals surface area (Å²) >= 11 is 3.18. The molecule has 1 heterocycles. The summed E-state index contributed by atoms with van der Waals surface area (Å²) in [5, 5.41) is 13.4. The van der Waals surface area contributed by atoms with Crippen molar-refractivity contribution in [2.45, 2.75) is 11.4 Å². The predicted molar refractivity (Wildman–Crippen MR) is 108 cm³/mol. The zero-order valence-electron chi connectivity index (χ0n) is 14.7. The topological polar surface area (TPSA) is 132 Å². The lowest BCUT2D eigenvalue weighted by molar-refractivity contribution is -0.384. The Morgan fingerprint density at radius 2 is 1.93 bits per heavy atom. The second-order valence-corrected chi connectivity index (χ2v) is 8.40. The molecule has 11 heteroatoms. The number of hydrogen-bond donors (Lipinski definition) is 2. The minimum Gasteiger partial charge on any atom is -0.468 e. The number of sulfonamides is 1. The van der Waals surface area contributed by atoms with E-state index in [-0.39, 0.29) is 32.9 Å². The van der Waals surface area contributed by atoms with Gasteiger partial charge in [-0.15, -0.1) is 0 Å². The summed E-state index contributed by atoms with van der Waals surface area (Å²) in [5.74, 6) is -0.176. The van der Waals surface area contributed by atoms with Crippen molar-refractivity contribution < 1.29 is 22.6 Å². The SMILES string of the molecule is O=C(Nc1cccc([N+](=O)[O-])c1)c1ccc(Br)c(S(=O)(=O)NCc2ccco2)c1. The molecule has 0 saturated heterocycles. The van der Waals surface area contributed by atoms with Crippen molar-refractivity contribution in [3.8, 4) is 0 Å². The lowest BCUT2D eigenvalue weighted by Gasteiger charge is -2.10. The monoisotopic (exact) mass is 479 g/mol. The van der Waals surface area contributed by atoms with Gasteiger partial charge in [-0.25, -0.2) is 13.1 Å². The van der Waals surface area contributed by atoms with Gasteiger partial charge in [0.25, 0.3) is 11.6 Å². The number of nitro benzene ring substituents is 1. The molecule has 0 fully saturated rings. The second-order valence-electron chi connectivity index (χ2n) is 5.81.